The van der Waals surface area contributed by atoms with Gasteiger partial charge in [-0.15, -0.1) is 0 Å². The minimum atomic E-state index is -3.54. The first-order valence-corrected chi connectivity index (χ1v) is 6.86. The van der Waals surface area contributed by atoms with Crippen molar-refractivity contribution in [3.05, 3.63) is 29.8 Å². The molecule has 0 saturated heterocycles. The molecule has 5 nitrogen and oxygen atoms in total. The van der Waals surface area contributed by atoms with Crippen molar-refractivity contribution in [2.45, 2.75) is 12.5 Å². The van der Waals surface area contributed by atoms with Crippen molar-refractivity contribution < 1.29 is 13.2 Å². The number of fused-ring (bicyclic) bond motifs is 1. The van der Waals surface area contributed by atoms with E-state index in [2.05, 4.69) is 4.72 Å². The molecule has 0 bridgehead atoms. The standard InChI is InChI=1S/C11H12N2O3S/c12-6-8-17(14,15)13-10-5-7-16-11-4-2-1-3-9(10)11/h1-4,10,13H,5,7-8H2. The number of nitrogens with zero attached hydrogens (tertiary/aromatic N) is 1. The topological polar surface area (TPSA) is 79.2 Å². The SMILES string of the molecule is N#CCS(=O)(=O)NC1CCOc2ccccc21. The van der Waals surface area contributed by atoms with Gasteiger partial charge in [-0.25, -0.2) is 13.1 Å². The predicted octanol–water partition coefficient (Wildman–Crippen LogP) is 0.953. The molecule has 0 fully saturated rings. The first-order chi connectivity index (χ1) is 8.12. The molecule has 1 aliphatic rings. The quantitative estimate of drug-likeness (QED) is 0.868. The maximum atomic E-state index is 11.5. The molecular formula is C11H12N2O3S. The maximum absolute atomic E-state index is 11.5. The highest BCUT2D eigenvalue weighted by Gasteiger charge is 2.25. The highest BCUT2D eigenvalue weighted by Crippen LogP contribution is 2.31. The summed E-state index contributed by atoms with van der Waals surface area (Å²) in [7, 11) is -3.54. The van der Waals surface area contributed by atoms with E-state index >= 15 is 0 Å². The van der Waals surface area contributed by atoms with Crippen molar-refractivity contribution in [1.29, 1.82) is 5.26 Å². The molecule has 1 aromatic rings. The van der Waals surface area contributed by atoms with Crippen molar-refractivity contribution in [2.75, 3.05) is 12.4 Å². The third kappa shape index (κ3) is 2.75. The predicted molar refractivity (Wildman–Crippen MR) is 61.8 cm³/mol. The molecule has 0 amide bonds. The Kier molecular flexibility index (Phi) is 3.31. The molecule has 0 saturated carbocycles. The fourth-order valence-electron chi connectivity index (χ4n) is 1.81. The van der Waals surface area contributed by atoms with Crippen LogP contribution in [0.1, 0.15) is 18.0 Å². The molecule has 17 heavy (non-hydrogen) atoms. The van der Waals surface area contributed by atoms with Gasteiger partial charge in [-0.1, -0.05) is 18.2 Å². The first kappa shape index (κ1) is 11.9. The third-order valence-corrected chi connectivity index (χ3v) is 3.69. The van der Waals surface area contributed by atoms with E-state index in [0.29, 0.717) is 18.8 Å². The molecule has 90 valence electrons. The molecule has 1 unspecified atom stereocenters. The van der Waals surface area contributed by atoms with E-state index in [-0.39, 0.29) is 6.04 Å². The zero-order valence-electron chi connectivity index (χ0n) is 9.09. The summed E-state index contributed by atoms with van der Waals surface area (Å²) in [5, 5.41) is 8.43. The molecule has 1 aromatic carbocycles. The summed E-state index contributed by atoms with van der Waals surface area (Å²) < 4.78 is 31.0. The van der Waals surface area contributed by atoms with Crippen LogP contribution in [-0.2, 0) is 10.0 Å². The van der Waals surface area contributed by atoms with E-state index in [0.717, 1.165) is 5.56 Å². The summed E-state index contributed by atoms with van der Waals surface area (Å²) in [5.41, 5.74) is 0.820. The van der Waals surface area contributed by atoms with Gasteiger partial charge in [-0.2, -0.15) is 5.26 Å². The lowest BCUT2D eigenvalue weighted by molar-refractivity contribution is 0.263. The third-order valence-electron chi connectivity index (χ3n) is 2.53. The van der Waals surface area contributed by atoms with Crippen LogP contribution in [0, 0.1) is 11.3 Å². The van der Waals surface area contributed by atoms with E-state index in [1.54, 1.807) is 12.1 Å². The van der Waals surface area contributed by atoms with Gasteiger partial charge in [0.05, 0.1) is 18.7 Å². The number of nitrogens with one attached hydrogen (secondary N) is 1. The largest absolute Gasteiger partial charge is 0.493 e. The summed E-state index contributed by atoms with van der Waals surface area (Å²) in [6, 6.07) is 8.64. The van der Waals surface area contributed by atoms with Gasteiger partial charge in [-0.05, 0) is 6.07 Å². The van der Waals surface area contributed by atoms with Crippen molar-refractivity contribution in [3.63, 3.8) is 0 Å². The number of ether oxygens (including phenoxy) is 1. The molecule has 0 spiro atoms. The zero-order valence-corrected chi connectivity index (χ0v) is 9.90. The fourth-order valence-corrected chi connectivity index (χ4v) is 2.74. The number of rotatable bonds is 3. The van der Waals surface area contributed by atoms with Crippen LogP contribution < -0.4 is 9.46 Å². The van der Waals surface area contributed by atoms with Crippen molar-refractivity contribution in [3.8, 4) is 11.8 Å². The summed E-state index contributed by atoms with van der Waals surface area (Å²) >= 11 is 0. The lowest BCUT2D eigenvalue weighted by atomic mass is 10.0. The second-order valence-corrected chi connectivity index (χ2v) is 5.52. The Morgan fingerprint density at radius 2 is 2.24 bits per heavy atom. The van der Waals surface area contributed by atoms with Crippen molar-refractivity contribution in [2.24, 2.45) is 0 Å². The minimum Gasteiger partial charge on any atom is -0.493 e. The van der Waals surface area contributed by atoms with E-state index in [1.807, 2.05) is 18.2 Å². The van der Waals surface area contributed by atoms with Gasteiger partial charge >= 0.3 is 0 Å². The Hall–Kier alpha value is -1.58. The van der Waals surface area contributed by atoms with Crippen LogP contribution in [0.2, 0.25) is 0 Å². The van der Waals surface area contributed by atoms with E-state index in [4.69, 9.17) is 10.00 Å². The fraction of sp³-hybridized carbons (Fsp3) is 0.364. The van der Waals surface area contributed by atoms with Gasteiger partial charge in [0.25, 0.3) is 0 Å². The van der Waals surface area contributed by atoms with Gasteiger partial charge in [0.15, 0.2) is 5.75 Å². The van der Waals surface area contributed by atoms with Crippen LogP contribution in [0.25, 0.3) is 0 Å². The average Bonchev–Trinajstić information content (AvgIpc) is 2.29. The summed E-state index contributed by atoms with van der Waals surface area (Å²) in [4.78, 5) is 0. The summed E-state index contributed by atoms with van der Waals surface area (Å²) in [5.74, 6) is 0.176. The zero-order chi connectivity index (χ0) is 12.3. The lowest BCUT2D eigenvalue weighted by Gasteiger charge is -2.26. The smallest absolute Gasteiger partial charge is 0.225 e. The molecule has 1 N–H and O–H groups in total. The summed E-state index contributed by atoms with van der Waals surface area (Å²) in [6.07, 6.45) is 0.571. The van der Waals surface area contributed by atoms with Gasteiger partial charge < -0.3 is 4.74 Å². The van der Waals surface area contributed by atoms with Crippen LogP contribution in [0.4, 0.5) is 0 Å². The van der Waals surface area contributed by atoms with Gasteiger partial charge in [0.1, 0.15) is 5.75 Å². The Bertz CT molecular complexity index is 548. The molecule has 1 atom stereocenters. The molecule has 1 aliphatic heterocycles. The molecular weight excluding hydrogens is 240 g/mol. The summed E-state index contributed by atoms with van der Waals surface area (Å²) in [6.45, 7) is 0.469. The Morgan fingerprint density at radius 1 is 1.47 bits per heavy atom. The minimum absolute atomic E-state index is 0.307. The highest BCUT2D eigenvalue weighted by molar-refractivity contribution is 7.89. The number of hydrogen-bond donors (Lipinski definition) is 1. The number of benzene rings is 1. The van der Waals surface area contributed by atoms with Crippen molar-refractivity contribution >= 4 is 10.0 Å². The molecule has 0 aromatic heterocycles. The monoisotopic (exact) mass is 252 g/mol. The van der Waals surface area contributed by atoms with Crippen molar-refractivity contribution in [1.82, 2.24) is 4.72 Å². The number of nitriles is 1. The van der Waals surface area contributed by atoms with Crippen LogP contribution in [0.3, 0.4) is 0 Å². The maximum Gasteiger partial charge on any atom is 0.225 e. The van der Waals surface area contributed by atoms with Gasteiger partial charge in [0.2, 0.25) is 10.0 Å². The number of sulfonamides is 1. The first-order valence-electron chi connectivity index (χ1n) is 5.21. The molecule has 2 rings (SSSR count). The lowest BCUT2D eigenvalue weighted by Crippen LogP contribution is -2.33. The second kappa shape index (κ2) is 4.73. The molecule has 6 heteroatoms. The normalized spacial score (nSPS) is 18.9. The number of para-hydroxylation sites is 1. The van der Waals surface area contributed by atoms with E-state index in [1.165, 1.54) is 0 Å². The Morgan fingerprint density at radius 3 is 3.00 bits per heavy atom. The molecule has 0 radical (unpaired) electrons. The van der Waals surface area contributed by atoms with Crippen LogP contribution in [0.5, 0.6) is 5.75 Å². The average molecular weight is 252 g/mol. The number of hydrogen-bond acceptors (Lipinski definition) is 4. The van der Waals surface area contributed by atoms with E-state index in [9.17, 15) is 8.42 Å². The van der Waals surface area contributed by atoms with Crippen LogP contribution in [0.15, 0.2) is 24.3 Å². The molecule has 1 heterocycles. The highest BCUT2D eigenvalue weighted by atomic mass is 32.2. The Labute approximate surface area is 100 Å². The molecule has 0 aliphatic carbocycles. The van der Waals surface area contributed by atoms with Gasteiger partial charge in [-0.3, -0.25) is 0 Å². The second-order valence-electron chi connectivity index (χ2n) is 3.76. The Balaban J connectivity index is 2.23. The van der Waals surface area contributed by atoms with Crippen LogP contribution >= 0.6 is 0 Å². The van der Waals surface area contributed by atoms with Crippen LogP contribution in [-0.4, -0.2) is 20.8 Å². The van der Waals surface area contributed by atoms with Gasteiger partial charge in [0, 0.05) is 12.0 Å². The van der Waals surface area contributed by atoms with E-state index < -0.39 is 15.8 Å².